The zero-order valence-electron chi connectivity index (χ0n) is 19.7. The van der Waals surface area contributed by atoms with E-state index in [4.69, 9.17) is 9.84 Å². The number of carbonyl (C=O) groups is 1. The first-order valence-corrected chi connectivity index (χ1v) is 10.7. The minimum Gasteiger partial charge on any atom is -0.497 e. The van der Waals surface area contributed by atoms with Crippen LogP contribution in [0, 0.1) is 13.8 Å². The molecule has 170 valence electrons. The lowest BCUT2D eigenvalue weighted by Gasteiger charge is -2.14. The van der Waals surface area contributed by atoms with Crippen LogP contribution in [0.4, 0.5) is 5.82 Å². The number of nitrogens with one attached hydrogen (secondary N) is 1. The van der Waals surface area contributed by atoms with Gasteiger partial charge in [-0.05, 0) is 55.8 Å². The Morgan fingerprint density at radius 1 is 0.970 bits per heavy atom. The molecule has 33 heavy (non-hydrogen) atoms. The Hall–Kier alpha value is -3.94. The average molecular weight is 445 g/mol. The predicted octanol–water partition coefficient (Wildman–Crippen LogP) is 4.63. The SMILES string of the molecule is COc1ccc(-n2nnc(C(=O)Nc3cc(C(C)(C)C)nn3-c3cccc(C)c3)c2C)cc1. The molecule has 4 aromatic rings. The zero-order valence-corrected chi connectivity index (χ0v) is 19.7. The summed E-state index contributed by atoms with van der Waals surface area (Å²) in [6, 6.07) is 17.3. The molecule has 2 aromatic carbocycles. The maximum absolute atomic E-state index is 13.2. The molecule has 8 heteroatoms. The highest BCUT2D eigenvalue weighted by molar-refractivity contribution is 6.03. The standard InChI is InChI=1S/C25H28N6O2/c1-16-8-7-9-19(14-16)31-22(15-21(28-31)25(3,4)5)26-24(32)23-17(2)30(29-27-23)18-10-12-20(33-6)13-11-18/h7-15H,1-6H3,(H,26,32). The molecule has 0 spiro atoms. The Labute approximate surface area is 193 Å². The van der Waals surface area contributed by atoms with Gasteiger partial charge in [0.15, 0.2) is 5.69 Å². The van der Waals surface area contributed by atoms with Gasteiger partial charge in [0.1, 0.15) is 11.6 Å². The van der Waals surface area contributed by atoms with Gasteiger partial charge in [-0.1, -0.05) is 38.1 Å². The maximum Gasteiger partial charge on any atom is 0.279 e. The fourth-order valence-corrected chi connectivity index (χ4v) is 3.48. The Kier molecular flexibility index (Phi) is 5.76. The van der Waals surface area contributed by atoms with E-state index in [1.807, 2.05) is 68.4 Å². The van der Waals surface area contributed by atoms with Gasteiger partial charge >= 0.3 is 0 Å². The first-order valence-electron chi connectivity index (χ1n) is 10.7. The van der Waals surface area contributed by atoms with Crippen LogP contribution in [0.15, 0.2) is 54.6 Å². The van der Waals surface area contributed by atoms with Gasteiger partial charge in [0.2, 0.25) is 0 Å². The summed E-state index contributed by atoms with van der Waals surface area (Å²) in [7, 11) is 1.62. The minimum atomic E-state index is -0.346. The molecule has 0 bridgehead atoms. The van der Waals surface area contributed by atoms with Gasteiger partial charge in [-0.3, -0.25) is 4.79 Å². The fraction of sp³-hybridized carbons (Fsp3) is 0.280. The van der Waals surface area contributed by atoms with E-state index >= 15 is 0 Å². The molecule has 0 fully saturated rings. The number of benzene rings is 2. The summed E-state index contributed by atoms with van der Waals surface area (Å²) < 4.78 is 8.60. The van der Waals surface area contributed by atoms with E-state index < -0.39 is 0 Å². The molecule has 1 amide bonds. The molecule has 0 saturated heterocycles. The largest absolute Gasteiger partial charge is 0.497 e. The van der Waals surface area contributed by atoms with Crippen molar-refractivity contribution in [2.45, 2.75) is 40.0 Å². The van der Waals surface area contributed by atoms with Gasteiger partial charge in [-0.2, -0.15) is 5.10 Å². The minimum absolute atomic E-state index is 0.179. The molecule has 0 aliphatic carbocycles. The van der Waals surface area contributed by atoms with Gasteiger partial charge in [0.05, 0.1) is 29.9 Å². The van der Waals surface area contributed by atoms with Crippen LogP contribution in [0.1, 0.15) is 48.2 Å². The number of aromatic nitrogens is 5. The van der Waals surface area contributed by atoms with Gasteiger partial charge in [0.25, 0.3) is 5.91 Å². The van der Waals surface area contributed by atoms with Crippen LogP contribution >= 0.6 is 0 Å². The molecular weight excluding hydrogens is 416 g/mol. The van der Waals surface area contributed by atoms with Crippen molar-refractivity contribution < 1.29 is 9.53 Å². The number of hydrogen-bond donors (Lipinski definition) is 1. The molecule has 0 unspecified atom stereocenters. The predicted molar refractivity (Wildman–Crippen MR) is 128 cm³/mol. The molecule has 0 aliphatic heterocycles. The van der Waals surface area contributed by atoms with Crippen molar-refractivity contribution in [3.05, 3.63) is 77.2 Å². The second-order valence-corrected chi connectivity index (χ2v) is 9.00. The van der Waals surface area contributed by atoms with Crippen molar-refractivity contribution in [3.8, 4) is 17.1 Å². The molecule has 4 rings (SSSR count). The van der Waals surface area contributed by atoms with Gasteiger partial charge in [-0.15, -0.1) is 5.10 Å². The fourth-order valence-electron chi connectivity index (χ4n) is 3.48. The molecule has 0 atom stereocenters. The van der Waals surface area contributed by atoms with Gasteiger partial charge < -0.3 is 10.1 Å². The van der Waals surface area contributed by atoms with Crippen LogP contribution in [-0.2, 0) is 5.41 Å². The lowest BCUT2D eigenvalue weighted by molar-refractivity contribution is 0.102. The van der Waals surface area contributed by atoms with Crippen molar-refractivity contribution in [2.24, 2.45) is 0 Å². The lowest BCUT2D eigenvalue weighted by Crippen LogP contribution is -2.17. The zero-order chi connectivity index (χ0) is 23.8. The topological polar surface area (TPSA) is 86.9 Å². The molecule has 0 saturated carbocycles. The number of carbonyl (C=O) groups excluding carboxylic acids is 1. The van der Waals surface area contributed by atoms with E-state index in [0.717, 1.165) is 28.4 Å². The molecule has 2 aromatic heterocycles. The highest BCUT2D eigenvalue weighted by Crippen LogP contribution is 2.27. The van der Waals surface area contributed by atoms with E-state index in [9.17, 15) is 4.79 Å². The summed E-state index contributed by atoms with van der Waals surface area (Å²) in [5, 5.41) is 16.1. The molecule has 0 aliphatic rings. The van der Waals surface area contributed by atoms with Crippen LogP contribution in [-0.4, -0.2) is 37.8 Å². The second-order valence-electron chi connectivity index (χ2n) is 9.00. The first kappa shape index (κ1) is 22.3. The van der Waals surface area contributed by atoms with Crippen LogP contribution in [0.5, 0.6) is 5.75 Å². The Bertz CT molecular complexity index is 1300. The quantitative estimate of drug-likeness (QED) is 0.485. The van der Waals surface area contributed by atoms with E-state index in [1.54, 1.807) is 16.5 Å². The highest BCUT2D eigenvalue weighted by Gasteiger charge is 2.24. The average Bonchev–Trinajstić information content (AvgIpc) is 3.37. The Morgan fingerprint density at radius 2 is 1.70 bits per heavy atom. The highest BCUT2D eigenvalue weighted by atomic mass is 16.5. The summed E-state index contributed by atoms with van der Waals surface area (Å²) in [5.74, 6) is 0.976. The van der Waals surface area contributed by atoms with E-state index in [2.05, 4.69) is 36.4 Å². The number of ether oxygens (including phenoxy) is 1. The van der Waals surface area contributed by atoms with Crippen LogP contribution in [0.25, 0.3) is 11.4 Å². The Morgan fingerprint density at radius 3 is 2.33 bits per heavy atom. The summed E-state index contributed by atoms with van der Waals surface area (Å²) in [6.07, 6.45) is 0. The van der Waals surface area contributed by atoms with Gasteiger partial charge in [0, 0.05) is 11.5 Å². The van der Waals surface area contributed by atoms with Crippen LogP contribution in [0.2, 0.25) is 0 Å². The van der Waals surface area contributed by atoms with Crippen molar-refractivity contribution in [1.29, 1.82) is 0 Å². The molecule has 1 N–H and O–H groups in total. The van der Waals surface area contributed by atoms with Crippen LogP contribution < -0.4 is 10.1 Å². The molecular formula is C25H28N6O2. The number of nitrogens with zero attached hydrogens (tertiary/aromatic N) is 5. The third-order valence-corrected chi connectivity index (χ3v) is 5.39. The van der Waals surface area contributed by atoms with Crippen molar-refractivity contribution in [1.82, 2.24) is 24.8 Å². The third-order valence-electron chi connectivity index (χ3n) is 5.39. The molecule has 2 heterocycles. The van der Waals surface area contributed by atoms with E-state index in [-0.39, 0.29) is 17.0 Å². The summed E-state index contributed by atoms with van der Waals surface area (Å²) in [4.78, 5) is 13.2. The smallest absolute Gasteiger partial charge is 0.279 e. The van der Waals surface area contributed by atoms with Crippen molar-refractivity contribution in [3.63, 3.8) is 0 Å². The third kappa shape index (κ3) is 4.50. The second kappa shape index (κ2) is 8.54. The number of anilines is 1. The maximum atomic E-state index is 13.2. The normalized spacial score (nSPS) is 11.5. The van der Waals surface area contributed by atoms with Crippen LogP contribution in [0.3, 0.4) is 0 Å². The van der Waals surface area contributed by atoms with E-state index in [1.165, 1.54) is 0 Å². The molecule has 8 nitrogen and oxygen atoms in total. The van der Waals surface area contributed by atoms with Crippen molar-refractivity contribution in [2.75, 3.05) is 12.4 Å². The Balaban J connectivity index is 1.67. The number of rotatable bonds is 5. The number of hydrogen-bond acceptors (Lipinski definition) is 5. The number of aryl methyl sites for hydroxylation is 1. The molecule has 0 radical (unpaired) electrons. The lowest BCUT2D eigenvalue weighted by atomic mass is 9.92. The van der Waals surface area contributed by atoms with Crippen molar-refractivity contribution >= 4 is 11.7 Å². The summed E-state index contributed by atoms with van der Waals surface area (Å²) in [6.45, 7) is 10.1. The first-order chi connectivity index (χ1) is 15.7. The van der Waals surface area contributed by atoms with E-state index in [0.29, 0.717) is 11.5 Å². The summed E-state index contributed by atoms with van der Waals surface area (Å²) in [5.41, 5.74) is 4.35. The summed E-state index contributed by atoms with van der Waals surface area (Å²) >= 11 is 0. The van der Waals surface area contributed by atoms with Gasteiger partial charge in [-0.25, -0.2) is 9.36 Å². The monoisotopic (exact) mass is 444 g/mol. The number of methoxy groups -OCH3 is 1. The number of amides is 1.